The number of piperidine rings is 1. The standard InChI is InChI=1S/C25H30N4O/c30-24(27-18-20-9-3-1-4-10-20)13-14-26-19-22-17-21-11-5-6-12-23(21)28-25(22)29-15-7-2-8-16-29/h1,3-6,9-12,17,26H,2,7-8,13-16,18-19H2,(H,27,30). The summed E-state index contributed by atoms with van der Waals surface area (Å²) in [6.45, 7) is 4.08. The van der Waals surface area contributed by atoms with Crippen LogP contribution in [-0.4, -0.2) is 30.5 Å². The summed E-state index contributed by atoms with van der Waals surface area (Å²) in [5.74, 6) is 1.16. The molecule has 0 atom stereocenters. The van der Waals surface area contributed by atoms with Crippen LogP contribution < -0.4 is 15.5 Å². The highest BCUT2D eigenvalue weighted by molar-refractivity contribution is 5.82. The number of nitrogens with zero attached hydrogens (tertiary/aromatic N) is 2. The van der Waals surface area contributed by atoms with E-state index in [0.29, 0.717) is 19.5 Å². The molecular formula is C25H30N4O. The first kappa shape index (κ1) is 20.4. The first-order chi connectivity index (χ1) is 14.8. The third-order valence-electron chi connectivity index (χ3n) is 5.61. The maximum atomic E-state index is 12.1. The van der Waals surface area contributed by atoms with Crippen LogP contribution in [0.5, 0.6) is 0 Å². The lowest BCUT2D eigenvalue weighted by molar-refractivity contribution is -0.121. The molecule has 1 fully saturated rings. The van der Waals surface area contributed by atoms with Gasteiger partial charge < -0.3 is 15.5 Å². The number of rotatable bonds is 8. The predicted molar refractivity (Wildman–Crippen MR) is 122 cm³/mol. The van der Waals surface area contributed by atoms with Crippen LogP contribution in [0.4, 0.5) is 5.82 Å². The molecule has 1 amide bonds. The zero-order chi connectivity index (χ0) is 20.6. The van der Waals surface area contributed by atoms with E-state index in [9.17, 15) is 4.79 Å². The molecular weight excluding hydrogens is 372 g/mol. The Bertz CT molecular complexity index is 967. The summed E-state index contributed by atoms with van der Waals surface area (Å²) in [5, 5.41) is 7.60. The first-order valence-corrected chi connectivity index (χ1v) is 10.9. The molecule has 0 saturated carbocycles. The maximum absolute atomic E-state index is 12.1. The molecule has 0 bridgehead atoms. The molecule has 5 heteroatoms. The number of hydrogen-bond donors (Lipinski definition) is 2. The number of pyridine rings is 1. The SMILES string of the molecule is O=C(CCNCc1cc2ccccc2nc1N1CCCCC1)NCc1ccccc1. The van der Waals surface area contributed by atoms with E-state index in [1.807, 2.05) is 36.4 Å². The molecule has 3 aromatic rings. The van der Waals surface area contributed by atoms with Crippen molar-refractivity contribution in [3.05, 3.63) is 71.8 Å². The molecule has 5 nitrogen and oxygen atoms in total. The number of para-hydroxylation sites is 1. The number of hydrogen-bond acceptors (Lipinski definition) is 4. The van der Waals surface area contributed by atoms with Gasteiger partial charge in [-0.1, -0.05) is 48.5 Å². The van der Waals surface area contributed by atoms with Gasteiger partial charge in [-0.05, 0) is 37.0 Å². The fourth-order valence-corrected chi connectivity index (χ4v) is 3.97. The van der Waals surface area contributed by atoms with Crippen LogP contribution in [0.1, 0.15) is 36.8 Å². The molecule has 0 unspecified atom stereocenters. The highest BCUT2D eigenvalue weighted by atomic mass is 16.1. The number of benzene rings is 2. The average molecular weight is 403 g/mol. The van der Waals surface area contributed by atoms with Gasteiger partial charge in [0.1, 0.15) is 5.82 Å². The fourth-order valence-electron chi connectivity index (χ4n) is 3.97. The molecule has 2 N–H and O–H groups in total. The fraction of sp³-hybridized carbons (Fsp3) is 0.360. The average Bonchev–Trinajstić information content (AvgIpc) is 2.81. The first-order valence-electron chi connectivity index (χ1n) is 10.9. The lowest BCUT2D eigenvalue weighted by Crippen LogP contribution is -2.32. The van der Waals surface area contributed by atoms with Crippen molar-refractivity contribution < 1.29 is 4.79 Å². The minimum Gasteiger partial charge on any atom is -0.356 e. The van der Waals surface area contributed by atoms with Crippen LogP contribution >= 0.6 is 0 Å². The van der Waals surface area contributed by atoms with Crippen LogP contribution in [0.2, 0.25) is 0 Å². The number of anilines is 1. The van der Waals surface area contributed by atoms with Crippen molar-refractivity contribution in [2.45, 2.75) is 38.8 Å². The summed E-state index contributed by atoms with van der Waals surface area (Å²) in [6, 6.07) is 20.5. The summed E-state index contributed by atoms with van der Waals surface area (Å²) < 4.78 is 0. The molecule has 1 aromatic heterocycles. The summed E-state index contributed by atoms with van der Waals surface area (Å²) in [6.07, 6.45) is 4.22. The van der Waals surface area contributed by atoms with Gasteiger partial charge in [0.15, 0.2) is 0 Å². The van der Waals surface area contributed by atoms with Gasteiger partial charge in [0.2, 0.25) is 5.91 Å². The summed E-state index contributed by atoms with van der Waals surface area (Å²) in [4.78, 5) is 19.5. The quantitative estimate of drug-likeness (QED) is 0.559. The lowest BCUT2D eigenvalue weighted by atomic mass is 10.1. The molecule has 156 valence electrons. The van der Waals surface area contributed by atoms with Crippen LogP contribution in [0.25, 0.3) is 10.9 Å². The molecule has 1 aliphatic heterocycles. The van der Waals surface area contributed by atoms with Crippen molar-refractivity contribution in [3.63, 3.8) is 0 Å². The molecule has 0 spiro atoms. The Balaban J connectivity index is 1.34. The zero-order valence-electron chi connectivity index (χ0n) is 17.4. The summed E-state index contributed by atoms with van der Waals surface area (Å²) in [5.41, 5.74) is 3.37. The Morgan fingerprint density at radius 3 is 2.53 bits per heavy atom. The Hall–Kier alpha value is -2.92. The van der Waals surface area contributed by atoms with Crippen molar-refractivity contribution in [1.82, 2.24) is 15.6 Å². The van der Waals surface area contributed by atoms with E-state index in [1.165, 1.54) is 24.8 Å². The van der Waals surface area contributed by atoms with Crippen molar-refractivity contribution >= 4 is 22.6 Å². The Morgan fingerprint density at radius 1 is 0.933 bits per heavy atom. The van der Waals surface area contributed by atoms with Gasteiger partial charge in [-0.25, -0.2) is 4.98 Å². The van der Waals surface area contributed by atoms with Crippen LogP contribution in [0, 0.1) is 0 Å². The van der Waals surface area contributed by atoms with Crippen LogP contribution in [-0.2, 0) is 17.9 Å². The van der Waals surface area contributed by atoms with Crippen molar-refractivity contribution in [2.75, 3.05) is 24.5 Å². The molecule has 2 heterocycles. The van der Waals surface area contributed by atoms with E-state index in [0.717, 1.165) is 41.9 Å². The number of carbonyl (C=O) groups is 1. The summed E-state index contributed by atoms with van der Waals surface area (Å²) >= 11 is 0. The number of aromatic nitrogens is 1. The molecule has 0 radical (unpaired) electrons. The Kier molecular flexibility index (Phi) is 6.93. The van der Waals surface area contributed by atoms with E-state index < -0.39 is 0 Å². The number of carbonyl (C=O) groups excluding carboxylic acids is 1. The van der Waals surface area contributed by atoms with Crippen LogP contribution in [0.15, 0.2) is 60.7 Å². The van der Waals surface area contributed by atoms with E-state index in [-0.39, 0.29) is 5.91 Å². The van der Waals surface area contributed by atoms with E-state index in [2.05, 4.69) is 39.8 Å². The Morgan fingerprint density at radius 2 is 1.70 bits per heavy atom. The second kappa shape index (κ2) is 10.2. The minimum absolute atomic E-state index is 0.0687. The van der Waals surface area contributed by atoms with Crippen molar-refractivity contribution in [2.24, 2.45) is 0 Å². The molecule has 1 aliphatic rings. The molecule has 30 heavy (non-hydrogen) atoms. The van der Waals surface area contributed by atoms with E-state index in [4.69, 9.17) is 4.98 Å². The highest BCUT2D eigenvalue weighted by Gasteiger charge is 2.17. The summed E-state index contributed by atoms with van der Waals surface area (Å²) in [7, 11) is 0. The minimum atomic E-state index is 0.0687. The van der Waals surface area contributed by atoms with E-state index in [1.54, 1.807) is 0 Å². The molecule has 2 aromatic carbocycles. The molecule has 0 aliphatic carbocycles. The molecule has 4 rings (SSSR count). The number of fused-ring (bicyclic) bond motifs is 1. The predicted octanol–water partition coefficient (Wildman–Crippen LogP) is 4.02. The third kappa shape index (κ3) is 5.36. The Labute approximate surface area is 178 Å². The lowest BCUT2D eigenvalue weighted by Gasteiger charge is -2.30. The van der Waals surface area contributed by atoms with E-state index >= 15 is 0 Å². The van der Waals surface area contributed by atoms with Crippen molar-refractivity contribution in [1.29, 1.82) is 0 Å². The smallest absolute Gasteiger partial charge is 0.221 e. The van der Waals surface area contributed by atoms with Crippen LogP contribution in [0.3, 0.4) is 0 Å². The normalized spacial score (nSPS) is 14.1. The topological polar surface area (TPSA) is 57.3 Å². The molecule has 1 saturated heterocycles. The van der Waals surface area contributed by atoms with Gasteiger partial charge >= 0.3 is 0 Å². The second-order valence-corrected chi connectivity index (χ2v) is 7.90. The zero-order valence-corrected chi connectivity index (χ0v) is 17.4. The number of nitrogens with one attached hydrogen (secondary N) is 2. The third-order valence-corrected chi connectivity index (χ3v) is 5.61. The number of amides is 1. The largest absolute Gasteiger partial charge is 0.356 e. The van der Waals surface area contributed by atoms with Gasteiger partial charge in [0.05, 0.1) is 5.52 Å². The van der Waals surface area contributed by atoms with Gasteiger partial charge in [0, 0.05) is 50.1 Å². The highest BCUT2D eigenvalue weighted by Crippen LogP contribution is 2.26. The van der Waals surface area contributed by atoms with Gasteiger partial charge in [-0.2, -0.15) is 0 Å². The second-order valence-electron chi connectivity index (χ2n) is 7.90. The monoisotopic (exact) mass is 402 g/mol. The van der Waals surface area contributed by atoms with Gasteiger partial charge in [0.25, 0.3) is 0 Å². The maximum Gasteiger partial charge on any atom is 0.221 e. The van der Waals surface area contributed by atoms with Gasteiger partial charge in [-0.15, -0.1) is 0 Å². The van der Waals surface area contributed by atoms with Gasteiger partial charge in [-0.3, -0.25) is 4.79 Å². The van der Waals surface area contributed by atoms with Crippen molar-refractivity contribution in [3.8, 4) is 0 Å².